The lowest BCUT2D eigenvalue weighted by Gasteiger charge is -2.25. The Morgan fingerprint density at radius 2 is 1.81 bits per heavy atom. The van der Waals surface area contributed by atoms with Crippen LogP contribution < -0.4 is 19.5 Å². The third-order valence-electron chi connectivity index (χ3n) is 4.70. The average Bonchev–Trinajstić information content (AvgIpc) is 2.71. The number of carbonyl (C=O) groups excluding carboxylic acids is 1. The van der Waals surface area contributed by atoms with E-state index < -0.39 is 0 Å². The molecule has 0 radical (unpaired) electrons. The molecular formula is C21H26NO5+. The zero-order valence-corrected chi connectivity index (χ0v) is 16.0. The predicted molar refractivity (Wildman–Crippen MR) is 101 cm³/mol. The number of esters is 1. The zero-order valence-electron chi connectivity index (χ0n) is 16.0. The number of fused-ring (bicyclic) bond motifs is 1. The number of ether oxygens (including phenoxy) is 4. The Hall–Kier alpha value is -2.73. The van der Waals surface area contributed by atoms with E-state index >= 15 is 0 Å². The van der Waals surface area contributed by atoms with Crippen LogP contribution in [0.15, 0.2) is 36.4 Å². The number of methoxy groups -OCH3 is 2. The largest absolute Gasteiger partial charge is 0.493 e. The summed E-state index contributed by atoms with van der Waals surface area (Å²) in [6, 6.07) is 11.3. The fraction of sp³-hybridized carbons (Fsp3) is 0.381. The van der Waals surface area contributed by atoms with Gasteiger partial charge in [-0.1, -0.05) is 0 Å². The molecule has 2 aromatic rings. The Morgan fingerprint density at radius 1 is 1.11 bits per heavy atom. The highest BCUT2D eigenvalue weighted by Gasteiger charge is 2.26. The van der Waals surface area contributed by atoms with E-state index in [1.807, 2.05) is 6.07 Å². The molecule has 1 atom stereocenters. The Bertz CT molecular complexity index is 788. The van der Waals surface area contributed by atoms with Crippen molar-refractivity contribution in [2.75, 3.05) is 34.0 Å². The van der Waals surface area contributed by atoms with E-state index in [0.717, 1.165) is 30.2 Å². The first-order chi connectivity index (χ1) is 13.2. The van der Waals surface area contributed by atoms with Crippen LogP contribution in [0.3, 0.4) is 0 Å². The quantitative estimate of drug-likeness (QED) is 0.754. The summed E-state index contributed by atoms with van der Waals surface area (Å²) in [6.07, 6.45) is 0.987. The van der Waals surface area contributed by atoms with Gasteiger partial charge in [0.15, 0.2) is 11.5 Å². The summed E-state index contributed by atoms with van der Waals surface area (Å²) in [5, 5.41) is 2.28. The summed E-state index contributed by atoms with van der Waals surface area (Å²) in [5.41, 5.74) is 3.00. The molecule has 0 bridgehead atoms. The van der Waals surface area contributed by atoms with E-state index in [4.69, 9.17) is 18.9 Å². The topological polar surface area (TPSA) is 70.6 Å². The summed E-state index contributed by atoms with van der Waals surface area (Å²) in [4.78, 5) is 11.7. The second kappa shape index (κ2) is 8.77. The molecule has 0 fully saturated rings. The van der Waals surface area contributed by atoms with E-state index in [9.17, 15) is 4.79 Å². The number of nitrogens with two attached hydrogens (primary N) is 1. The minimum atomic E-state index is -0.320. The van der Waals surface area contributed by atoms with Gasteiger partial charge in [0.1, 0.15) is 18.4 Å². The second-order valence-corrected chi connectivity index (χ2v) is 6.34. The van der Waals surface area contributed by atoms with Gasteiger partial charge in [0.2, 0.25) is 0 Å². The van der Waals surface area contributed by atoms with Crippen LogP contribution in [0, 0.1) is 0 Å². The lowest BCUT2D eigenvalue weighted by molar-refractivity contribution is -0.700. The van der Waals surface area contributed by atoms with Gasteiger partial charge in [-0.3, -0.25) is 0 Å². The Morgan fingerprint density at radius 3 is 2.48 bits per heavy atom. The molecular weight excluding hydrogens is 346 g/mol. The molecule has 1 aliphatic heterocycles. The van der Waals surface area contributed by atoms with Crippen molar-refractivity contribution in [2.24, 2.45) is 0 Å². The molecule has 0 spiro atoms. The van der Waals surface area contributed by atoms with Crippen LogP contribution in [0.2, 0.25) is 0 Å². The summed E-state index contributed by atoms with van der Waals surface area (Å²) in [5.74, 6) is 1.89. The Kier molecular flexibility index (Phi) is 6.19. The molecule has 0 saturated heterocycles. The number of hydrogen-bond donors (Lipinski definition) is 1. The van der Waals surface area contributed by atoms with Crippen LogP contribution in [0.4, 0.5) is 0 Å². The van der Waals surface area contributed by atoms with Crippen molar-refractivity contribution < 1.29 is 29.1 Å². The van der Waals surface area contributed by atoms with Gasteiger partial charge in [0, 0.05) is 12.0 Å². The van der Waals surface area contributed by atoms with Gasteiger partial charge in [-0.25, -0.2) is 4.79 Å². The molecule has 0 unspecified atom stereocenters. The highest BCUT2D eigenvalue weighted by Crippen LogP contribution is 2.33. The third-order valence-corrected chi connectivity index (χ3v) is 4.70. The van der Waals surface area contributed by atoms with Gasteiger partial charge in [-0.15, -0.1) is 0 Å². The van der Waals surface area contributed by atoms with Gasteiger partial charge in [-0.2, -0.15) is 0 Å². The molecule has 0 saturated carbocycles. The van der Waals surface area contributed by atoms with Crippen LogP contribution in [0.5, 0.6) is 17.2 Å². The molecule has 0 aliphatic carbocycles. The number of benzene rings is 2. The molecule has 2 N–H and O–H groups in total. The average molecular weight is 372 g/mol. The molecule has 27 heavy (non-hydrogen) atoms. The minimum Gasteiger partial charge on any atom is -0.493 e. The molecule has 1 heterocycles. The van der Waals surface area contributed by atoms with Crippen LogP contribution >= 0.6 is 0 Å². The van der Waals surface area contributed by atoms with Crippen molar-refractivity contribution in [1.29, 1.82) is 0 Å². The summed E-state index contributed by atoms with van der Waals surface area (Å²) < 4.78 is 21.8. The monoisotopic (exact) mass is 372 g/mol. The lowest BCUT2D eigenvalue weighted by Crippen LogP contribution is -2.88. The van der Waals surface area contributed by atoms with Crippen molar-refractivity contribution in [3.05, 3.63) is 53.1 Å². The molecule has 2 aromatic carbocycles. The normalized spacial score (nSPS) is 15.6. The molecule has 0 aromatic heterocycles. The van der Waals surface area contributed by atoms with Crippen molar-refractivity contribution >= 4 is 5.97 Å². The zero-order chi connectivity index (χ0) is 19.2. The van der Waals surface area contributed by atoms with E-state index in [1.54, 1.807) is 45.4 Å². The van der Waals surface area contributed by atoms with Crippen molar-refractivity contribution in [2.45, 2.75) is 19.4 Å². The van der Waals surface area contributed by atoms with Crippen molar-refractivity contribution in [3.63, 3.8) is 0 Å². The van der Waals surface area contributed by atoms with Gasteiger partial charge >= 0.3 is 5.97 Å². The Labute approximate surface area is 159 Å². The van der Waals surface area contributed by atoms with Gasteiger partial charge < -0.3 is 24.3 Å². The van der Waals surface area contributed by atoms with E-state index in [1.165, 1.54) is 11.1 Å². The molecule has 6 nitrogen and oxygen atoms in total. The Balaban J connectivity index is 1.70. The fourth-order valence-corrected chi connectivity index (χ4v) is 3.31. The highest BCUT2D eigenvalue weighted by atomic mass is 16.5. The summed E-state index contributed by atoms with van der Waals surface area (Å²) >= 11 is 0. The molecule has 1 aliphatic rings. The minimum absolute atomic E-state index is 0.179. The van der Waals surface area contributed by atoms with Crippen molar-refractivity contribution in [3.8, 4) is 17.2 Å². The summed E-state index contributed by atoms with van der Waals surface area (Å²) in [7, 11) is 3.30. The third kappa shape index (κ3) is 4.34. The fourth-order valence-electron chi connectivity index (χ4n) is 3.31. The smallest absolute Gasteiger partial charge is 0.338 e. The number of carbonyl (C=O) groups is 1. The van der Waals surface area contributed by atoms with Crippen LogP contribution in [-0.4, -0.2) is 39.9 Å². The predicted octanol–water partition coefficient (Wildman–Crippen LogP) is 2.12. The number of quaternary nitrogens is 1. The maximum Gasteiger partial charge on any atom is 0.338 e. The van der Waals surface area contributed by atoms with Crippen LogP contribution in [0.1, 0.15) is 34.5 Å². The highest BCUT2D eigenvalue weighted by molar-refractivity contribution is 5.89. The van der Waals surface area contributed by atoms with Crippen LogP contribution in [-0.2, 0) is 11.2 Å². The van der Waals surface area contributed by atoms with Gasteiger partial charge in [0.25, 0.3) is 0 Å². The first-order valence-corrected chi connectivity index (χ1v) is 9.14. The van der Waals surface area contributed by atoms with E-state index in [0.29, 0.717) is 18.8 Å². The van der Waals surface area contributed by atoms with Gasteiger partial charge in [-0.05, 0) is 48.9 Å². The summed E-state index contributed by atoms with van der Waals surface area (Å²) in [6.45, 7) is 3.68. The first-order valence-electron chi connectivity index (χ1n) is 9.14. The molecule has 144 valence electrons. The molecule has 6 heteroatoms. The van der Waals surface area contributed by atoms with Crippen molar-refractivity contribution in [1.82, 2.24) is 0 Å². The number of hydrogen-bond acceptors (Lipinski definition) is 5. The van der Waals surface area contributed by atoms with Crippen LogP contribution in [0.25, 0.3) is 0 Å². The second-order valence-electron chi connectivity index (χ2n) is 6.34. The lowest BCUT2D eigenvalue weighted by atomic mass is 9.94. The number of rotatable bonds is 7. The maximum absolute atomic E-state index is 11.7. The first kappa shape index (κ1) is 19.0. The SMILES string of the molecule is CCOC(=O)c1ccc(OC[C@H]2[NH2+]CCc3cc(OC)c(OC)cc32)cc1. The van der Waals surface area contributed by atoms with E-state index in [2.05, 4.69) is 11.4 Å². The van der Waals surface area contributed by atoms with E-state index in [-0.39, 0.29) is 12.0 Å². The standard InChI is InChI=1S/C21H25NO5/c1-4-26-21(23)14-5-7-16(8-6-14)27-13-18-17-12-20(25-3)19(24-2)11-15(17)9-10-22-18/h5-8,11-12,18,22H,4,9-10,13H2,1-3H3/p+1/t18-/m1/s1. The van der Waals surface area contributed by atoms with Gasteiger partial charge in [0.05, 0.1) is 32.9 Å². The maximum atomic E-state index is 11.7. The molecule has 3 rings (SSSR count). The molecule has 0 amide bonds.